The summed E-state index contributed by atoms with van der Waals surface area (Å²) in [5.74, 6) is 0.344. The molecule has 0 aromatic heterocycles. The molecule has 0 amide bonds. The van der Waals surface area contributed by atoms with E-state index in [9.17, 15) is 4.79 Å². The molecule has 98 valence electrons. The number of carbonyl (C=O) groups is 1. The normalized spacial score (nSPS) is 19.5. The first-order valence-corrected chi connectivity index (χ1v) is 7.88. The molecule has 1 heterocycles. The Labute approximate surface area is 119 Å². The summed E-state index contributed by atoms with van der Waals surface area (Å²) in [6.07, 6.45) is 3.87. The lowest BCUT2D eigenvalue weighted by Crippen LogP contribution is -2.20. The highest BCUT2D eigenvalue weighted by Gasteiger charge is 2.14. The number of carboxylic acids is 1. The van der Waals surface area contributed by atoms with Crippen LogP contribution in [0.1, 0.15) is 29.6 Å². The van der Waals surface area contributed by atoms with Crippen molar-refractivity contribution in [1.29, 1.82) is 0 Å². The van der Waals surface area contributed by atoms with E-state index in [4.69, 9.17) is 5.11 Å². The van der Waals surface area contributed by atoms with Gasteiger partial charge in [0.05, 0.1) is 5.56 Å². The minimum absolute atomic E-state index is 0.308. The lowest BCUT2D eigenvalue weighted by atomic mass is 10.1. The summed E-state index contributed by atoms with van der Waals surface area (Å²) in [6, 6.07) is 5.21. The molecular weight excluding hydrogens is 314 g/mol. The van der Waals surface area contributed by atoms with Crippen LogP contribution in [0.25, 0.3) is 0 Å². The van der Waals surface area contributed by atoms with Crippen LogP contribution in [0.2, 0.25) is 0 Å². The fraction of sp³-hybridized carbons (Fsp3) is 0.462. The van der Waals surface area contributed by atoms with Crippen molar-refractivity contribution in [3.05, 3.63) is 28.2 Å². The minimum Gasteiger partial charge on any atom is -0.478 e. The molecule has 1 aromatic rings. The summed E-state index contributed by atoms with van der Waals surface area (Å²) < 4.78 is 0.793. The zero-order chi connectivity index (χ0) is 13.0. The first-order valence-electron chi connectivity index (χ1n) is 6.04. The molecule has 1 aromatic carbocycles. The Bertz CT molecular complexity index is 433. The van der Waals surface area contributed by atoms with E-state index in [0.717, 1.165) is 16.7 Å². The van der Waals surface area contributed by atoms with Crippen molar-refractivity contribution < 1.29 is 9.90 Å². The number of anilines is 1. The molecular formula is C13H16BrNO2S. The van der Waals surface area contributed by atoms with Crippen LogP contribution in [0.4, 0.5) is 5.69 Å². The van der Waals surface area contributed by atoms with Crippen molar-refractivity contribution >= 4 is 39.3 Å². The van der Waals surface area contributed by atoms with Gasteiger partial charge in [-0.25, -0.2) is 4.79 Å². The molecule has 1 unspecified atom stereocenters. The molecule has 1 aliphatic heterocycles. The number of nitrogens with one attached hydrogen (secondary N) is 1. The number of hydrogen-bond acceptors (Lipinski definition) is 3. The average molecular weight is 330 g/mol. The number of carboxylic acid groups (broad SMARTS) is 1. The van der Waals surface area contributed by atoms with E-state index in [-0.39, 0.29) is 0 Å². The molecule has 0 spiro atoms. The third kappa shape index (κ3) is 3.92. The predicted molar refractivity (Wildman–Crippen MR) is 79.7 cm³/mol. The van der Waals surface area contributed by atoms with Gasteiger partial charge in [0.2, 0.25) is 0 Å². The van der Waals surface area contributed by atoms with Crippen molar-refractivity contribution in [2.24, 2.45) is 0 Å². The molecule has 5 heteroatoms. The lowest BCUT2D eigenvalue weighted by molar-refractivity contribution is 0.0697. The number of thioether (sulfide) groups is 1. The molecule has 2 N–H and O–H groups in total. The Morgan fingerprint density at radius 2 is 2.28 bits per heavy atom. The first-order chi connectivity index (χ1) is 8.65. The van der Waals surface area contributed by atoms with Gasteiger partial charge in [-0.3, -0.25) is 0 Å². The Morgan fingerprint density at radius 3 is 2.94 bits per heavy atom. The molecule has 1 atom stereocenters. The summed E-state index contributed by atoms with van der Waals surface area (Å²) in [6.45, 7) is 0.903. The SMILES string of the molecule is O=C(O)c1cc(Br)cc(NCC2CCCCS2)c1. The summed E-state index contributed by atoms with van der Waals surface area (Å²) in [5, 5.41) is 13.0. The molecule has 0 bridgehead atoms. The molecule has 0 radical (unpaired) electrons. The highest BCUT2D eigenvalue weighted by molar-refractivity contribution is 9.10. The van der Waals surface area contributed by atoms with E-state index in [2.05, 4.69) is 21.2 Å². The summed E-state index contributed by atoms with van der Waals surface area (Å²) in [5.41, 5.74) is 1.18. The Balaban J connectivity index is 1.97. The minimum atomic E-state index is -0.897. The maximum Gasteiger partial charge on any atom is 0.335 e. The van der Waals surface area contributed by atoms with E-state index in [1.807, 2.05) is 17.8 Å². The standard InChI is InChI=1S/C13H16BrNO2S/c14-10-5-9(13(16)17)6-11(7-10)15-8-12-3-1-2-4-18-12/h5-7,12,15H,1-4,8H2,(H,16,17). The van der Waals surface area contributed by atoms with Gasteiger partial charge in [0, 0.05) is 22.0 Å². The molecule has 0 saturated carbocycles. The maximum absolute atomic E-state index is 11.0. The molecule has 1 saturated heterocycles. The molecule has 1 fully saturated rings. The van der Waals surface area contributed by atoms with Gasteiger partial charge in [0.25, 0.3) is 0 Å². The third-order valence-corrected chi connectivity index (χ3v) is 4.81. The quantitative estimate of drug-likeness (QED) is 0.880. The number of aromatic carboxylic acids is 1. The van der Waals surface area contributed by atoms with Crippen molar-refractivity contribution in [2.45, 2.75) is 24.5 Å². The topological polar surface area (TPSA) is 49.3 Å². The lowest BCUT2D eigenvalue weighted by Gasteiger charge is -2.22. The van der Waals surface area contributed by atoms with Gasteiger partial charge in [-0.2, -0.15) is 11.8 Å². The van der Waals surface area contributed by atoms with Gasteiger partial charge in [-0.05, 0) is 36.8 Å². The molecule has 1 aliphatic rings. The van der Waals surface area contributed by atoms with Gasteiger partial charge in [-0.1, -0.05) is 22.4 Å². The highest BCUT2D eigenvalue weighted by Crippen LogP contribution is 2.26. The molecule has 0 aliphatic carbocycles. The van der Waals surface area contributed by atoms with E-state index >= 15 is 0 Å². The second-order valence-electron chi connectivity index (χ2n) is 4.40. The summed E-state index contributed by atoms with van der Waals surface area (Å²) in [4.78, 5) is 11.0. The van der Waals surface area contributed by atoms with Crippen LogP contribution in [-0.4, -0.2) is 28.6 Å². The van der Waals surface area contributed by atoms with Crippen LogP contribution >= 0.6 is 27.7 Å². The molecule has 3 nitrogen and oxygen atoms in total. The van der Waals surface area contributed by atoms with Gasteiger partial charge in [0.15, 0.2) is 0 Å². The largest absolute Gasteiger partial charge is 0.478 e. The van der Waals surface area contributed by atoms with E-state index in [1.165, 1.54) is 25.0 Å². The zero-order valence-electron chi connectivity index (χ0n) is 9.99. The number of hydrogen-bond donors (Lipinski definition) is 2. The average Bonchev–Trinajstić information content (AvgIpc) is 2.37. The van der Waals surface area contributed by atoms with Gasteiger partial charge in [0.1, 0.15) is 0 Å². The Morgan fingerprint density at radius 1 is 1.44 bits per heavy atom. The van der Waals surface area contributed by atoms with Crippen LogP contribution in [-0.2, 0) is 0 Å². The zero-order valence-corrected chi connectivity index (χ0v) is 12.4. The number of halogens is 1. The first kappa shape index (κ1) is 13.7. The fourth-order valence-corrected chi connectivity index (χ4v) is 3.75. The maximum atomic E-state index is 11.0. The van der Waals surface area contributed by atoms with Crippen molar-refractivity contribution in [1.82, 2.24) is 0 Å². The van der Waals surface area contributed by atoms with Crippen molar-refractivity contribution in [2.75, 3.05) is 17.6 Å². The monoisotopic (exact) mass is 329 g/mol. The van der Waals surface area contributed by atoms with E-state index < -0.39 is 5.97 Å². The summed E-state index contributed by atoms with van der Waals surface area (Å²) in [7, 11) is 0. The highest BCUT2D eigenvalue weighted by atomic mass is 79.9. The van der Waals surface area contributed by atoms with Crippen molar-refractivity contribution in [3.63, 3.8) is 0 Å². The molecule has 18 heavy (non-hydrogen) atoms. The predicted octanol–water partition coefficient (Wildman–Crippen LogP) is 3.84. The Kier molecular flexibility index (Phi) is 4.95. The van der Waals surface area contributed by atoms with Gasteiger partial charge >= 0.3 is 5.97 Å². The summed E-state index contributed by atoms with van der Waals surface area (Å²) >= 11 is 5.35. The smallest absolute Gasteiger partial charge is 0.335 e. The number of rotatable bonds is 4. The van der Waals surface area contributed by atoms with Crippen LogP contribution < -0.4 is 5.32 Å². The van der Waals surface area contributed by atoms with Crippen LogP contribution in [0.3, 0.4) is 0 Å². The second-order valence-corrected chi connectivity index (χ2v) is 6.73. The Hall–Kier alpha value is -0.680. The fourth-order valence-electron chi connectivity index (χ4n) is 2.02. The van der Waals surface area contributed by atoms with Crippen LogP contribution in [0.5, 0.6) is 0 Å². The van der Waals surface area contributed by atoms with E-state index in [0.29, 0.717) is 10.8 Å². The van der Waals surface area contributed by atoms with Gasteiger partial charge < -0.3 is 10.4 Å². The molecule has 2 rings (SSSR count). The number of benzene rings is 1. The van der Waals surface area contributed by atoms with Crippen LogP contribution in [0.15, 0.2) is 22.7 Å². The van der Waals surface area contributed by atoms with Crippen LogP contribution in [0, 0.1) is 0 Å². The second kappa shape index (κ2) is 6.48. The van der Waals surface area contributed by atoms with E-state index in [1.54, 1.807) is 12.1 Å². The third-order valence-electron chi connectivity index (χ3n) is 2.95. The van der Waals surface area contributed by atoms with Gasteiger partial charge in [-0.15, -0.1) is 0 Å². The van der Waals surface area contributed by atoms with Crippen molar-refractivity contribution in [3.8, 4) is 0 Å².